The zero-order valence-corrected chi connectivity index (χ0v) is 12.9. The van der Waals surface area contributed by atoms with Crippen molar-refractivity contribution >= 4 is 0 Å². The van der Waals surface area contributed by atoms with E-state index in [0.29, 0.717) is 23.6 Å². The van der Waals surface area contributed by atoms with Crippen molar-refractivity contribution in [3.8, 4) is 6.07 Å². The Labute approximate surface area is 127 Å². The number of rotatable bonds is 5. The van der Waals surface area contributed by atoms with Crippen LogP contribution in [0.5, 0.6) is 0 Å². The van der Waals surface area contributed by atoms with Crippen molar-refractivity contribution in [2.45, 2.75) is 57.7 Å². The van der Waals surface area contributed by atoms with Gasteiger partial charge in [-0.2, -0.15) is 5.26 Å². The van der Waals surface area contributed by atoms with Crippen LogP contribution in [0.2, 0.25) is 0 Å². The Bertz CT molecular complexity index is 527. The fourth-order valence-corrected chi connectivity index (χ4v) is 3.92. The smallest absolute Gasteiger partial charge is 0.0991 e. The van der Waals surface area contributed by atoms with E-state index in [2.05, 4.69) is 37.4 Å². The minimum atomic E-state index is 0.322. The van der Waals surface area contributed by atoms with Gasteiger partial charge in [0.05, 0.1) is 17.7 Å². The second-order valence-electron chi connectivity index (χ2n) is 6.44. The van der Waals surface area contributed by atoms with Gasteiger partial charge in [0.1, 0.15) is 0 Å². The third-order valence-corrected chi connectivity index (χ3v) is 5.43. The quantitative estimate of drug-likeness (QED) is 0.899. The lowest BCUT2D eigenvalue weighted by Crippen LogP contribution is -2.67. The van der Waals surface area contributed by atoms with Gasteiger partial charge in [-0.1, -0.05) is 18.6 Å². The molecule has 0 bridgehead atoms. The summed E-state index contributed by atoms with van der Waals surface area (Å²) in [5.41, 5.74) is 2.38. The molecule has 21 heavy (non-hydrogen) atoms. The van der Waals surface area contributed by atoms with Crippen LogP contribution in [0, 0.1) is 16.7 Å². The van der Waals surface area contributed by atoms with Crippen LogP contribution in [0.1, 0.15) is 56.7 Å². The molecule has 2 saturated carbocycles. The molecule has 0 radical (unpaired) electrons. The molecule has 2 fully saturated rings. The highest BCUT2D eigenvalue weighted by Gasteiger charge is 2.58. The molecule has 0 aliphatic heterocycles. The molecule has 3 heteroatoms. The van der Waals surface area contributed by atoms with Gasteiger partial charge < -0.3 is 10.1 Å². The van der Waals surface area contributed by atoms with E-state index in [1.54, 1.807) is 0 Å². The summed E-state index contributed by atoms with van der Waals surface area (Å²) in [5.74, 6) is 0. The number of nitrogens with one attached hydrogen (secondary N) is 1. The van der Waals surface area contributed by atoms with Crippen LogP contribution >= 0.6 is 0 Å². The fourth-order valence-electron chi connectivity index (χ4n) is 3.92. The summed E-state index contributed by atoms with van der Waals surface area (Å²) in [6, 6.07) is 11.0. The number of nitriles is 1. The lowest BCUT2D eigenvalue weighted by molar-refractivity contribution is -0.174. The Hall–Kier alpha value is -1.37. The maximum Gasteiger partial charge on any atom is 0.0991 e. The van der Waals surface area contributed by atoms with Gasteiger partial charge in [0.15, 0.2) is 0 Å². The summed E-state index contributed by atoms with van der Waals surface area (Å²) in [6.45, 7) is 5.12. The summed E-state index contributed by atoms with van der Waals surface area (Å²) < 4.78 is 5.91. The molecule has 3 nitrogen and oxygen atoms in total. The predicted octanol–water partition coefficient (Wildman–Crippen LogP) is 3.56. The Morgan fingerprint density at radius 1 is 1.38 bits per heavy atom. The highest BCUT2D eigenvalue weighted by atomic mass is 16.5. The van der Waals surface area contributed by atoms with Gasteiger partial charge in [0, 0.05) is 24.1 Å². The van der Waals surface area contributed by atoms with Crippen LogP contribution in [0.4, 0.5) is 0 Å². The summed E-state index contributed by atoms with van der Waals surface area (Å²) >= 11 is 0. The maximum atomic E-state index is 8.87. The predicted molar refractivity (Wildman–Crippen MR) is 82.8 cm³/mol. The number of hydrogen-bond acceptors (Lipinski definition) is 3. The summed E-state index contributed by atoms with van der Waals surface area (Å²) in [7, 11) is 0. The molecule has 1 spiro atoms. The average Bonchev–Trinajstić information content (AvgIpc) is 2.44. The Kier molecular flexibility index (Phi) is 4.01. The van der Waals surface area contributed by atoms with Gasteiger partial charge in [-0.25, -0.2) is 0 Å². The molecule has 3 atom stereocenters. The van der Waals surface area contributed by atoms with Crippen molar-refractivity contribution in [3.63, 3.8) is 0 Å². The van der Waals surface area contributed by atoms with Crippen molar-refractivity contribution in [3.05, 3.63) is 35.4 Å². The van der Waals surface area contributed by atoms with Gasteiger partial charge >= 0.3 is 0 Å². The zero-order valence-electron chi connectivity index (χ0n) is 12.9. The first-order chi connectivity index (χ1) is 10.2. The summed E-state index contributed by atoms with van der Waals surface area (Å²) in [6.07, 6.45) is 5.54. The number of benzene rings is 1. The van der Waals surface area contributed by atoms with Gasteiger partial charge in [-0.15, -0.1) is 0 Å². The van der Waals surface area contributed by atoms with E-state index in [-0.39, 0.29) is 0 Å². The van der Waals surface area contributed by atoms with Crippen molar-refractivity contribution in [1.29, 1.82) is 5.26 Å². The van der Waals surface area contributed by atoms with Crippen LogP contribution in [0.15, 0.2) is 24.3 Å². The molecule has 1 N–H and O–H groups in total. The van der Waals surface area contributed by atoms with E-state index in [4.69, 9.17) is 10.00 Å². The highest BCUT2D eigenvalue weighted by Crippen LogP contribution is 2.57. The first-order valence-electron chi connectivity index (χ1n) is 8.07. The largest absolute Gasteiger partial charge is 0.378 e. The molecule has 3 unspecified atom stereocenters. The molecular weight excluding hydrogens is 260 g/mol. The first-order valence-corrected chi connectivity index (χ1v) is 8.07. The van der Waals surface area contributed by atoms with Crippen LogP contribution in [-0.2, 0) is 4.74 Å². The first kappa shape index (κ1) is 14.6. The number of nitrogens with zero attached hydrogens (tertiary/aromatic N) is 1. The lowest BCUT2D eigenvalue weighted by Gasteiger charge is -2.61. The normalized spacial score (nSPS) is 27.5. The number of hydrogen-bond donors (Lipinski definition) is 1. The minimum Gasteiger partial charge on any atom is -0.378 e. The Balaban J connectivity index is 1.62. The molecule has 1 aromatic rings. The second-order valence-corrected chi connectivity index (χ2v) is 6.44. The Morgan fingerprint density at radius 2 is 2.10 bits per heavy atom. The summed E-state index contributed by atoms with van der Waals surface area (Å²) in [5, 5.41) is 12.7. The van der Waals surface area contributed by atoms with E-state index >= 15 is 0 Å². The fraction of sp³-hybridized carbons (Fsp3) is 0.611. The molecule has 0 aromatic heterocycles. The highest BCUT2D eigenvalue weighted by molar-refractivity contribution is 5.33. The lowest BCUT2D eigenvalue weighted by atomic mass is 9.51. The van der Waals surface area contributed by atoms with Crippen molar-refractivity contribution < 1.29 is 4.74 Å². The summed E-state index contributed by atoms with van der Waals surface area (Å²) in [4.78, 5) is 0. The third-order valence-electron chi connectivity index (χ3n) is 5.43. The third kappa shape index (κ3) is 2.47. The van der Waals surface area contributed by atoms with E-state index in [1.165, 1.54) is 24.8 Å². The molecule has 0 amide bonds. The molecule has 0 saturated heterocycles. The molecule has 1 aromatic carbocycles. The molecule has 2 aliphatic rings. The van der Waals surface area contributed by atoms with E-state index in [9.17, 15) is 0 Å². The average molecular weight is 284 g/mol. The van der Waals surface area contributed by atoms with Crippen LogP contribution < -0.4 is 5.32 Å². The van der Waals surface area contributed by atoms with E-state index < -0.39 is 0 Å². The molecule has 2 aliphatic carbocycles. The van der Waals surface area contributed by atoms with Crippen molar-refractivity contribution in [1.82, 2.24) is 5.32 Å². The SMILES string of the molecule is CCOC1CC(NC(C)c2ccc(C#N)cc2)C12CCC2. The molecule has 112 valence electrons. The maximum absolute atomic E-state index is 8.87. The second kappa shape index (κ2) is 5.79. The monoisotopic (exact) mass is 284 g/mol. The molecule has 3 rings (SSSR count). The Morgan fingerprint density at radius 3 is 2.62 bits per heavy atom. The van der Waals surface area contributed by atoms with Crippen molar-refractivity contribution in [2.75, 3.05) is 6.61 Å². The topological polar surface area (TPSA) is 45.0 Å². The standard InChI is InChI=1S/C18H24N2O/c1-3-21-17-11-16(18(17)9-4-10-18)20-13(2)15-7-5-14(12-19)6-8-15/h5-8,13,16-17,20H,3-4,9-11H2,1-2H3. The van der Waals surface area contributed by atoms with Gasteiger partial charge in [0.2, 0.25) is 0 Å². The van der Waals surface area contributed by atoms with Gasteiger partial charge in [0.25, 0.3) is 0 Å². The van der Waals surface area contributed by atoms with Gasteiger partial charge in [-0.05, 0) is 50.8 Å². The molecule has 0 heterocycles. The minimum absolute atomic E-state index is 0.322. The van der Waals surface area contributed by atoms with Crippen LogP contribution in [0.25, 0.3) is 0 Å². The van der Waals surface area contributed by atoms with E-state index in [0.717, 1.165) is 18.6 Å². The zero-order chi connectivity index (χ0) is 14.9. The van der Waals surface area contributed by atoms with Crippen molar-refractivity contribution in [2.24, 2.45) is 5.41 Å². The van der Waals surface area contributed by atoms with Crippen LogP contribution in [0.3, 0.4) is 0 Å². The van der Waals surface area contributed by atoms with Crippen LogP contribution in [-0.4, -0.2) is 18.8 Å². The number of ether oxygens (including phenoxy) is 1. The van der Waals surface area contributed by atoms with E-state index in [1.807, 2.05) is 12.1 Å². The molecular formula is C18H24N2O. The van der Waals surface area contributed by atoms with Gasteiger partial charge in [-0.3, -0.25) is 0 Å².